The van der Waals surface area contributed by atoms with Gasteiger partial charge in [0, 0.05) is 19.4 Å². The lowest BCUT2D eigenvalue weighted by molar-refractivity contribution is 0.0984. The second kappa shape index (κ2) is 5.32. The van der Waals surface area contributed by atoms with Gasteiger partial charge in [0.25, 0.3) is 0 Å². The van der Waals surface area contributed by atoms with E-state index in [4.69, 9.17) is 4.74 Å². The van der Waals surface area contributed by atoms with Crippen molar-refractivity contribution in [1.29, 1.82) is 0 Å². The van der Waals surface area contributed by atoms with Crippen LogP contribution in [0.3, 0.4) is 0 Å². The van der Waals surface area contributed by atoms with Gasteiger partial charge in [-0.15, -0.1) is 0 Å². The van der Waals surface area contributed by atoms with Crippen LogP contribution in [0.4, 0.5) is 5.69 Å². The van der Waals surface area contributed by atoms with Gasteiger partial charge < -0.3 is 4.74 Å². The van der Waals surface area contributed by atoms with Crippen LogP contribution in [0.25, 0.3) is 0 Å². The Labute approximate surface area is 109 Å². The molecule has 0 saturated carbocycles. The summed E-state index contributed by atoms with van der Waals surface area (Å²) in [4.78, 5) is 3.97. The summed E-state index contributed by atoms with van der Waals surface area (Å²) in [5.74, 6) is 0. The predicted molar refractivity (Wildman–Crippen MR) is 68.3 cm³/mol. The van der Waals surface area contributed by atoms with Gasteiger partial charge in [0.1, 0.15) is 4.60 Å². The van der Waals surface area contributed by atoms with E-state index in [0.29, 0.717) is 36.3 Å². The summed E-state index contributed by atoms with van der Waals surface area (Å²) in [6, 6.07) is 3.36. The number of nitrogens with zero attached hydrogens (tertiary/aromatic N) is 1. The summed E-state index contributed by atoms with van der Waals surface area (Å²) in [7, 11) is -3.36. The molecule has 0 radical (unpaired) electrons. The van der Waals surface area contributed by atoms with E-state index in [1.165, 1.54) is 0 Å². The molecular weight excluding hydrogens is 308 g/mol. The van der Waals surface area contributed by atoms with Crippen LogP contribution in [0.1, 0.15) is 12.8 Å². The fourth-order valence-corrected chi connectivity index (χ4v) is 3.62. The molecule has 7 heteroatoms. The highest BCUT2D eigenvalue weighted by Crippen LogP contribution is 2.23. The topological polar surface area (TPSA) is 68.3 Å². The van der Waals surface area contributed by atoms with E-state index in [-0.39, 0.29) is 5.25 Å². The minimum absolute atomic E-state index is 0.386. The number of nitrogens with one attached hydrogen (secondary N) is 1. The molecule has 0 amide bonds. The van der Waals surface area contributed by atoms with Gasteiger partial charge >= 0.3 is 0 Å². The maximum Gasteiger partial charge on any atom is 0.235 e. The zero-order chi connectivity index (χ0) is 12.3. The Morgan fingerprint density at radius 3 is 2.76 bits per heavy atom. The third-order valence-electron chi connectivity index (χ3n) is 2.62. The van der Waals surface area contributed by atoms with Crippen molar-refractivity contribution in [1.82, 2.24) is 4.98 Å². The van der Waals surface area contributed by atoms with Crippen LogP contribution in [0.2, 0.25) is 0 Å². The first-order valence-electron chi connectivity index (χ1n) is 5.29. The van der Waals surface area contributed by atoms with Crippen LogP contribution < -0.4 is 4.72 Å². The minimum atomic E-state index is -3.36. The van der Waals surface area contributed by atoms with Gasteiger partial charge in [-0.2, -0.15) is 0 Å². The monoisotopic (exact) mass is 320 g/mol. The zero-order valence-corrected chi connectivity index (χ0v) is 11.5. The first-order valence-corrected chi connectivity index (χ1v) is 7.63. The van der Waals surface area contributed by atoms with Gasteiger partial charge in [0.15, 0.2) is 0 Å². The number of pyridine rings is 1. The number of rotatable bonds is 3. The van der Waals surface area contributed by atoms with Crippen molar-refractivity contribution in [2.75, 3.05) is 17.9 Å². The Balaban J connectivity index is 2.14. The SMILES string of the molecule is O=S(=O)(Nc1cccnc1Br)C1CCOCC1. The second-order valence-corrected chi connectivity index (χ2v) is 6.51. The van der Waals surface area contributed by atoms with Crippen LogP contribution in [0.15, 0.2) is 22.9 Å². The Hall–Kier alpha value is -0.660. The van der Waals surface area contributed by atoms with Gasteiger partial charge in [-0.05, 0) is 40.9 Å². The van der Waals surface area contributed by atoms with Crippen LogP contribution >= 0.6 is 15.9 Å². The number of aromatic nitrogens is 1. The van der Waals surface area contributed by atoms with Crippen LogP contribution in [-0.4, -0.2) is 31.9 Å². The lowest BCUT2D eigenvalue weighted by atomic mass is 10.2. The maximum atomic E-state index is 12.1. The van der Waals surface area contributed by atoms with Crippen molar-refractivity contribution in [3.05, 3.63) is 22.9 Å². The lowest BCUT2D eigenvalue weighted by Gasteiger charge is -2.22. The van der Waals surface area contributed by atoms with Gasteiger partial charge in [-0.1, -0.05) is 0 Å². The number of hydrogen-bond donors (Lipinski definition) is 1. The Morgan fingerprint density at radius 1 is 1.41 bits per heavy atom. The van der Waals surface area contributed by atoms with Gasteiger partial charge in [0.05, 0.1) is 10.9 Å². The minimum Gasteiger partial charge on any atom is -0.381 e. The second-order valence-electron chi connectivity index (χ2n) is 3.80. The molecule has 1 N–H and O–H groups in total. The molecule has 1 aromatic rings. The van der Waals surface area contributed by atoms with Crippen LogP contribution in [-0.2, 0) is 14.8 Å². The van der Waals surface area contributed by atoms with Gasteiger partial charge in [0.2, 0.25) is 10.0 Å². The van der Waals surface area contributed by atoms with E-state index in [9.17, 15) is 8.42 Å². The first kappa shape index (κ1) is 12.8. The zero-order valence-electron chi connectivity index (χ0n) is 9.10. The highest BCUT2D eigenvalue weighted by molar-refractivity contribution is 9.10. The average molecular weight is 321 g/mol. The summed E-state index contributed by atoms with van der Waals surface area (Å²) in [6.45, 7) is 1.000. The third kappa shape index (κ3) is 3.17. The molecule has 94 valence electrons. The molecule has 17 heavy (non-hydrogen) atoms. The highest BCUT2D eigenvalue weighted by atomic mass is 79.9. The average Bonchev–Trinajstić information content (AvgIpc) is 2.33. The molecule has 2 heterocycles. The quantitative estimate of drug-likeness (QED) is 0.862. The number of halogens is 1. The normalized spacial score (nSPS) is 17.9. The summed E-state index contributed by atoms with van der Waals surface area (Å²) in [5.41, 5.74) is 0.471. The molecule has 0 unspecified atom stereocenters. The van der Waals surface area contributed by atoms with Gasteiger partial charge in [-0.25, -0.2) is 13.4 Å². The fraction of sp³-hybridized carbons (Fsp3) is 0.500. The number of sulfonamides is 1. The maximum absolute atomic E-state index is 12.1. The van der Waals surface area contributed by atoms with E-state index in [2.05, 4.69) is 25.6 Å². The number of hydrogen-bond acceptors (Lipinski definition) is 4. The van der Waals surface area contributed by atoms with Crippen molar-refractivity contribution < 1.29 is 13.2 Å². The molecule has 0 atom stereocenters. The standard InChI is InChI=1S/C10H13BrN2O3S/c11-10-9(2-1-5-12-10)13-17(14,15)8-3-6-16-7-4-8/h1-2,5,8,13H,3-4,6-7H2. The molecular formula is C10H13BrN2O3S. The number of ether oxygens (including phenoxy) is 1. The summed E-state index contributed by atoms with van der Waals surface area (Å²) >= 11 is 3.21. The Kier molecular flexibility index (Phi) is 4.01. The predicted octanol–water partition coefficient (Wildman–Crippen LogP) is 1.76. The van der Waals surface area contributed by atoms with E-state index in [1.807, 2.05) is 0 Å². The molecule has 1 fully saturated rings. The Morgan fingerprint density at radius 2 is 2.12 bits per heavy atom. The first-order chi connectivity index (χ1) is 8.09. The molecule has 2 rings (SSSR count). The van der Waals surface area contributed by atoms with Crippen molar-refractivity contribution in [3.8, 4) is 0 Å². The van der Waals surface area contributed by atoms with Gasteiger partial charge in [-0.3, -0.25) is 4.72 Å². The number of anilines is 1. The van der Waals surface area contributed by atoms with Crippen molar-refractivity contribution in [2.45, 2.75) is 18.1 Å². The smallest absolute Gasteiger partial charge is 0.235 e. The van der Waals surface area contributed by atoms with E-state index in [1.54, 1.807) is 18.3 Å². The Bertz CT molecular complexity index is 486. The van der Waals surface area contributed by atoms with E-state index in [0.717, 1.165) is 0 Å². The van der Waals surface area contributed by atoms with Crippen molar-refractivity contribution in [3.63, 3.8) is 0 Å². The molecule has 0 aliphatic carbocycles. The van der Waals surface area contributed by atoms with E-state index < -0.39 is 10.0 Å². The van der Waals surface area contributed by atoms with E-state index >= 15 is 0 Å². The molecule has 0 aromatic carbocycles. The molecule has 1 aromatic heterocycles. The molecule has 1 saturated heterocycles. The molecule has 0 spiro atoms. The molecule has 5 nitrogen and oxygen atoms in total. The van der Waals surface area contributed by atoms with Crippen molar-refractivity contribution in [2.24, 2.45) is 0 Å². The lowest BCUT2D eigenvalue weighted by Crippen LogP contribution is -2.33. The highest BCUT2D eigenvalue weighted by Gasteiger charge is 2.28. The fourth-order valence-electron chi connectivity index (χ4n) is 1.69. The molecule has 0 bridgehead atoms. The molecule has 1 aliphatic heterocycles. The largest absolute Gasteiger partial charge is 0.381 e. The summed E-state index contributed by atoms with van der Waals surface area (Å²) < 4.78 is 32.4. The molecule has 1 aliphatic rings. The third-order valence-corrected chi connectivity index (χ3v) is 5.10. The van der Waals surface area contributed by atoms with Crippen LogP contribution in [0, 0.1) is 0 Å². The summed E-state index contributed by atoms with van der Waals surface area (Å²) in [5, 5.41) is -0.386. The van der Waals surface area contributed by atoms with Crippen molar-refractivity contribution >= 4 is 31.6 Å². The van der Waals surface area contributed by atoms with Crippen LogP contribution in [0.5, 0.6) is 0 Å². The summed E-state index contributed by atoms with van der Waals surface area (Å²) in [6.07, 6.45) is 2.66.